The van der Waals surface area contributed by atoms with Crippen molar-refractivity contribution in [2.24, 2.45) is 0 Å². The van der Waals surface area contributed by atoms with Gasteiger partial charge in [-0.25, -0.2) is 8.78 Å². The van der Waals surface area contributed by atoms with Crippen molar-refractivity contribution in [1.82, 2.24) is 4.90 Å². The van der Waals surface area contributed by atoms with E-state index in [0.29, 0.717) is 19.5 Å². The number of halogens is 2. The van der Waals surface area contributed by atoms with Crippen molar-refractivity contribution in [1.29, 1.82) is 0 Å². The summed E-state index contributed by atoms with van der Waals surface area (Å²) >= 11 is 0. The van der Waals surface area contributed by atoms with E-state index in [4.69, 9.17) is 0 Å². The van der Waals surface area contributed by atoms with E-state index >= 15 is 0 Å². The Bertz CT molecular complexity index is 451. The number of amides is 1. The number of rotatable bonds is 2. The molecule has 3 nitrogen and oxygen atoms in total. The molecule has 1 aliphatic rings. The fraction of sp³-hybridized carbons (Fsp3) is 0.462. The van der Waals surface area contributed by atoms with Gasteiger partial charge in [0.2, 0.25) is 5.91 Å². The van der Waals surface area contributed by atoms with E-state index in [1.165, 1.54) is 11.0 Å². The summed E-state index contributed by atoms with van der Waals surface area (Å²) in [5.74, 6) is -1.60. The van der Waals surface area contributed by atoms with Crippen molar-refractivity contribution in [3.63, 3.8) is 0 Å². The molecular formula is C13H15F2NO2. The van der Waals surface area contributed by atoms with Crippen LogP contribution in [0.3, 0.4) is 0 Å². The molecule has 1 aromatic rings. The van der Waals surface area contributed by atoms with Crippen LogP contribution < -0.4 is 0 Å². The van der Waals surface area contributed by atoms with E-state index in [2.05, 4.69) is 0 Å². The van der Waals surface area contributed by atoms with Gasteiger partial charge in [-0.15, -0.1) is 0 Å². The third kappa shape index (κ3) is 3.04. The topological polar surface area (TPSA) is 40.5 Å². The summed E-state index contributed by atoms with van der Waals surface area (Å²) in [5, 5.41) is 9.47. The molecule has 1 saturated heterocycles. The number of carbonyl (C=O) groups is 1. The van der Waals surface area contributed by atoms with Crippen LogP contribution in [0, 0.1) is 11.6 Å². The zero-order chi connectivity index (χ0) is 13.1. The zero-order valence-electron chi connectivity index (χ0n) is 9.90. The second-order valence-corrected chi connectivity index (χ2v) is 4.55. The van der Waals surface area contributed by atoms with E-state index in [9.17, 15) is 18.7 Å². The first-order chi connectivity index (χ1) is 8.56. The Labute approximate surface area is 104 Å². The van der Waals surface area contributed by atoms with Crippen LogP contribution >= 0.6 is 0 Å². The molecule has 1 aliphatic heterocycles. The van der Waals surface area contributed by atoms with Crippen LogP contribution in [-0.2, 0) is 11.2 Å². The molecule has 1 unspecified atom stereocenters. The molecule has 0 bridgehead atoms. The fourth-order valence-corrected chi connectivity index (χ4v) is 2.12. The minimum atomic E-state index is -0.707. The average Bonchev–Trinajstić information content (AvgIpc) is 2.32. The Kier molecular flexibility index (Phi) is 3.91. The van der Waals surface area contributed by atoms with E-state index in [-0.39, 0.29) is 17.9 Å². The third-order valence-corrected chi connectivity index (χ3v) is 3.11. The lowest BCUT2D eigenvalue weighted by Crippen LogP contribution is -2.42. The molecule has 18 heavy (non-hydrogen) atoms. The molecule has 98 valence electrons. The molecule has 0 spiro atoms. The lowest BCUT2D eigenvalue weighted by Gasteiger charge is -2.30. The molecule has 1 heterocycles. The van der Waals surface area contributed by atoms with Gasteiger partial charge in [0.1, 0.15) is 11.6 Å². The van der Waals surface area contributed by atoms with Gasteiger partial charge in [0.25, 0.3) is 0 Å². The van der Waals surface area contributed by atoms with Gasteiger partial charge in [-0.1, -0.05) is 6.07 Å². The Balaban J connectivity index is 2.02. The summed E-state index contributed by atoms with van der Waals surface area (Å²) in [5.41, 5.74) is 0.182. The predicted octanol–water partition coefficient (Wildman–Crippen LogP) is 1.49. The monoisotopic (exact) mass is 255 g/mol. The first-order valence-corrected chi connectivity index (χ1v) is 5.96. The van der Waals surface area contributed by atoms with Crippen LogP contribution in [0.1, 0.15) is 18.4 Å². The lowest BCUT2D eigenvalue weighted by atomic mass is 10.1. The largest absolute Gasteiger partial charge is 0.391 e. The van der Waals surface area contributed by atoms with Crippen LogP contribution in [-0.4, -0.2) is 35.1 Å². The number of hydrogen-bond donors (Lipinski definition) is 1. The van der Waals surface area contributed by atoms with Gasteiger partial charge in [-0.3, -0.25) is 4.79 Å². The van der Waals surface area contributed by atoms with E-state index < -0.39 is 17.7 Å². The summed E-state index contributed by atoms with van der Waals surface area (Å²) in [6.45, 7) is 0.875. The van der Waals surface area contributed by atoms with E-state index in [1.54, 1.807) is 0 Å². The zero-order valence-corrected chi connectivity index (χ0v) is 9.90. The molecule has 1 amide bonds. The number of nitrogens with zero attached hydrogens (tertiary/aromatic N) is 1. The fourth-order valence-electron chi connectivity index (χ4n) is 2.12. The summed E-state index contributed by atoms with van der Waals surface area (Å²) in [6, 6.07) is 3.19. The highest BCUT2D eigenvalue weighted by atomic mass is 19.1. The van der Waals surface area contributed by atoms with E-state index in [0.717, 1.165) is 18.6 Å². The maximum absolute atomic E-state index is 13.4. The van der Waals surface area contributed by atoms with Gasteiger partial charge < -0.3 is 10.0 Å². The Morgan fingerprint density at radius 2 is 2.22 bits per heavy atom. The standard InChI is InChI=1S/C13H15F2NO2/c14-10-4-3-9(12(15)7-10)6-13(18)16-5-1-2-11(17)8-16/h3-4,7,11,17H,1-2,5-6,8H2. The Morgan fingerprint density at radius 3 is 2.89 bits per heavy atom. The highest BCUT2D eigenvalue weighted by Gasteiger charge is 2.22. The number of hydrogen-bond acceptors (Lipinski definition) is 2. The molecule has 1 N–H and O–H groups in total. The maximum Gasteiger partial charge on any atom is 0.227 e. The maximum atomic E-state index is 13.4. The predicted molar refractivity (Wildman–Crippen MR) is 61.9 cm³/mol. The highest BCUT2D eigenvalue weighted by molar-refractivity contribution is 5.79. The molecule has 0 aliphatic carbocycles. The van der Waals surface area contributed by atoms with Crippen molar-refractivity contribution in [2.75, 3.05) is 13.1 Å². The van der Waals surface area contributed by atoms with Gasteiger partial charge >= 0.3 is 0 Å². The van der Waals surface area contributed by atoms with Crippen molar-refractivity contribution in [3.8, 4) is 0 Å². The second-order valence-electron chi connectivity index (χ2n) is 4.55. The second kappa shape index (κ2) is 5.44. The number of piperidine rings is 1. The summed E-state index contributed by atoms with van der Waals surface area (Å²) in [4.78, 5) is 13.4. The Morgan fingerprint density at radius 1 is 1.44 bits per heavy atom. The number of likely N-dealkylation sites (tertiary alicyclic amines) is 1. The van der Waals surface area contributed by atoms with Crippen molar-refractivity contribution < 1.29 is 18.7 Å². The van der Waals surface area contributed by atoms with Gasteiger partial charge in [0.15, 0.2) is 0 Å². The highest BCUT2D eigenvalue weighted by Crippen LogP contribution is 2.14. The number of aliphatic hydroxyl groups is 1. The molecule has 0 saturated carbocycles. The van der Waals surface area contributed by atoms with Crippen LogP contribution in [0.2, 0.25) is 0 Å². The minimum Gasteiger partial charge on any atom is -0.391 e. The molecule has 0 aromatic heterocycles. The first kappa shape index (κ1) is 13.0. The smallest absolute Gasteiger partial charge is 0.227 e. The summed E-state index contributed by atoms with van der Waals surface area (Å²) in [7, 11) is 0. The quantitative estimate of drug-likeness (QED) is 0.869. The molecular weight excluding hydrogens is 240 g/mol. The van der Waals surface area contributed by atoms with Crippen LogP contribution in [0.5, 0.6) is 0 Å². The Hall–Kier alpha value is -1.49. The third-order valence-electron chi connectivity index (χ3n) is 3.11. The average molecular weight is 255 g/mol. The van der Waals surface area contributed by atoms with Gasteiger partial charge in [-0.05, 0) is 24.5 Å². The molecule has 1 fully saturated rings. The lowest BCUT2D eigenvalue weighted by molar-refractivity contribution is -0.133. The molecule has 2 rings (SSSR count). The summed E-state index contributed by atoms with van der Waals surface area (Å²) < 4.78 is 26.1. The van der Waals surface area contributed by atoms with Crippen molar-refractivity contribution in [2.45, 2.75) is 25.4 Å². The van der Waals surface area contributed by atoms with Crippen molar-refractivity contribution in [3.05, 3.63) is 35.4 Å². The van der Waals surface area contributed by atoms with Crippen LogP contribution in [0.15, 0.2) is 18.2 Å². The van der Waals surface area contributed by atoms with Gasteiger partial charge in [0.05, 0.1) is 12.5 Å². The molecule has 0 radical (unpaired) electrons. The van der Waals surface area contributed by atoms with Crippen LogP contribution in [0.4, 0.5) is 8.78 Å². The molecule has 5 heteroatoms. The number of benzene rings is 1. The normalized spacial score (nSPS) is 19.9. The summed E-state index contributed by atoms with van der Waals surface area (Å²) in [6.07, 6.45) is 0.840. The molecule has 1 aromatic carbocycles. The minimum absolute atomic E-state index is 0.0984. The number of β-amino-alcohol motifs (C(OH)–C–C–N with tert-alkyl or cyclic N) is 1. The first-order valence-electron chi connectivity index (χ1n) is 5.96. The SMILES string of the molecule is O=C(Cc1ccc(F)cc1F)N1CCCC(O)C1. The van der Waals surface area contributed by atoms with Gasteiger partial charge in [-0.2, -0.15) is 0 Å². The number of carbonyl (C=O) groups excluding carboxylic acids is 1. The van der Waals surface area contributed by atoms with Crippen LogP contribution in [0.25, 0.3) is 0 Å². The van der Waals surface area contributed by atoms with Gasteiger partial charge in [0, 0.05) is 19.2 Å². The van der Waals surface area contributed by atoms with E-state index in [1.807, 2.05) is 0 Å². The van der Waals surface area contributed by atoms with Crippen molar-refractivity contribution >= 4 is 5.91 Å². The molecule has 1 atom stereocenters. The number of aliphatic hydroxyl groups excluding tert-OH is 1.